The lowest BCUT2D eigenvalue weighted by molar-refractivity contribution is -0.115. The molecule has 3 rings (SSSR count). The zero-order chi connectivity index (χ0) is 20.5. The summed E-state index contributed by atoms with van der Waals surface area (Å²) in [5.41, 5.74) is 0.158. The molecule has 0 saturated heterocycles. The molecule has 0 saturated carbocycles. The van der Waals surface area contributed by atoms with Crippen LogP contribution in [0.1, 0.15) is 17.3 Å². The third-order valence-corrected chi connectivity index (χ3v) is 7.34. The van der Waals surface area contributed by atoms with Gasteiger partial charge in [0.05, 0.1) is 16.5 Å². The Kier molecular flexibility index (Phi) is 5.97. The predicted molar refractivity (Wildman–Crippen MR) is 107 cm³/mol. The topological polar surface area (TPSA) is 83.6 Å². The largest absolute Gasteiger partial charge is 0.323 e. The van der Waals surface area contributed by atoms with Gasteiger partial charge in [-0.1, -0.05) is 23.7 Å². The van der Waals surface area contributed by atoms with E-state index in [4.69, 9.17) is 11.6 Å². The molecule has 2 aromatic carbocycles. The average Bonchev–Trinajstić information content (AvgIpc) is 2.84. The standard InChI is InChI=1S/C18H16ClFN2O4S2/c1-11(17(23)21-15-7-6-12(19)10-14(15)20)27-9-8-22-18(24)13-4-2-3-5-16(13)28(22,25)26/h2-7,10-11H,8-9H2,1H3,(H,21,23). The van der Waals surface area contributed by atoms with Gasteiger partial charge in [-0.3, -0.25) is 9.59 Å². The van der Waals surface area contributed by atoms with E-state index in [1.165, 1.54) is 24.3 Å². The highest BCUT2D eigenvalue weighted by molar-refractivity contribution is 8.00. The van der Waals surface area contributed by atoms with E-state index in [1.807, 2.05) is 0 Å². The van der Waals surface area contributed by atoms with E-state index in [9.17, 15) is 22.4 Å². The van der Waals surface area contributed by atoms with Gasteiger partial charge in [0.1, 0.15) is 10.7 Å². The Labute approximate surface area is 171 Å². The molecule has 10 heteroatoms. The van der Waals surface area contributed by atoms with Gasteiger partial charge in [-0.25, -0.2) is 17.1 Å². The number of anilines is 1. The summed E-state index contributed by atoms with van der Waals surface area (Å²) < 4.78 is 39.5. The Balaban J connectivity index is 1.58. The minimum atomic E-state index is -3.86. The third-order valence-electron chi connectivity index (χ3n) is 4.13. The summed E-state index contributed by atoms with van der Waals surface area (Å²) in [6.45, 7) is 1.55. The number of benzene rings is 2. The number of amides is 2. The van der Waals surface area contributed by atoms with Crippen LogP contribution in [0.25, 0.3) is 0 Å². The predicted octanol–water partition coefficient (Wildman–Crippen LogP) is 3.38. The lowest BCUT2D eigenvalue weighted by Gasteiger charge is -2.17. The number of carbonyl (C=O) groups excluding carboxylic acids is 2. The van der Waals surface area contributed by atoms with Gasteiger partial charge in [0, 0.05) is 17.3 Å². The summed E-state index contributed by atoms with van der Waals surface area (Å²) in [4.78, 5) is 24.5. The van der Waals surface area contributed by atoms with Crippen molar-refractivity contribution in [3.63, 3.8) is 0 Å². The number of halogens is 2. The molecule has 0 bridgehead atoms. The highest BCUT2D eigenvalue weighted by atomic mass is 35.5. The van der Waals surface area contributed by atoms with E-state index < -0.39 is 32.9 Å². The Bertz CT molecular complexity index is 1050. The van der Waals surface area contributed by atoms with Crippen LogP contribution in [0.3, 0.4) is 0 Å². The van der Waals surface area contributed by atoms with Gasteiger partial charge in [0.2, 0.25) is 5.91 Å². The lowest BCUT2D eigenvalue weighted by Crippen LogP contribution is -2.33. The van der Waals surface area contributed by atoms with E-state index in [0.717, 1.165) is 22.1 Å². The zero-order valence-corrected chi connectivity index (χ0v) is 17.1. The van der Waals surface area contributed by atoms with Gasteiger partial charge >= 0.3 is 0 Å². The van der Waals surface area contributed by atoms with Crippen molar-refractivity contribution in [2.24, 2.45) is 0 Å². The molecule has 0 aliphatic carbocycles. The fourth-order valence-corrected chi connectivity index (χ4v) is 5.36. The number of rotatable bonds is 6. The summed E-state index contributed by atoms with van der Waals surface area (Å²) in [5, 5.41) is 2.10. The summed E-state index contributed by atoms with van der Waals surface area (Å²) in [6, 6.07) is 9.94. The SMILES string of the molecule is CC(SCCN1C(=O)c2ccccc2S1(=O)=O)C(=O)Nc1ccc(Cl)cc1F. The molecule has 1 aliphatic rings. The van der Waals surface area contributed by atoms with Gasteiger partial charge in [-0.05, 0) is 37.3 Å². The zero-order valence-electron chi connectivity index (χ0n) is 14.7. The van der Waals surface area contributed by atoms with Crippen LogP contribution < -0.4 is 5.32 Å². The smallest absolute Gasteiger partial charge is 0.269 e. The maximum Gasteiger partial charge on any atom is 0.269 e. The van der Waals surface area contributed by atoms with Crippen LogP contribution in [0, 0.1) is 5.82 Å². The molecule has 1 N–H and O–H groups in total. The summed E-state index contributed by atoms with van der Waals surface area (Å²) >= 11 is 6.84. The van der Waals surface area contributed by atoms with Crippen LogP contribution in [0.5, 0.6) is 0 Å². The van der Waals surface area contributed by atoms with Crippen LogP contribution >= 0.6 is 23.4 Å². The van der Waals surface area contributed by atoms with E-state index in [1.54, 1.807) is 19.1 Å². The fourth-order valence-electron chi connectivity index (χ4n) is 2.67. The maximum absolute atomic E-state index is 13.8. The van der Waals surface area contributed by atoms with Crippen molar-refractivity contribution in [3.8, 4) is 0 Å². The number of hydrogen-bond donors (Lipinski definition) is 1. The number of thioether (sulfide) groups is 1. The van der Waals surface area contributed by atoms with Crippen molar-refractivity contribution in [1.29, 1.82) is 0 Å². The average molecular weight is 443 g/mol. The van der Waals surface area contributed by atoms with Crippen LogP contribution in [-0.4, -0.2) is 42.1 Å². The molecule has 6 nitrogen and oxygen atoms in total. The highest BCUT2D eigenvalue weighted by Crippen LogP contribution is 2.30. The molecule has 1 unspecified atom stereocenters. The molecule has 1 atom stereocenters. The van der Waals surface area contributed by atoms with Gasteiger partial charge in [-0.15, -0.1) is 11.8 Å². The van der Waals surface area contributed by atoms with Gasteiger partial charge in [0.25, 0.3) is 15.9 Å². The Hall–Kier alpha value is -2.10. The van der Waals surface area contributed by atoms with Gasteiger partial charge in [0.15, 0.2) is 0 Å². The minimum Gasteiger partial charge on any atom is -0.323 e. The van der Waals surface area contributed by atoms with E-state index in [-0.39, 0.29) is 33.5 Å². The molecule has 2 amide bonds. The summed E-state index contributed by atoms with van der Waals surface area (Å²) in [7, 11) is -3.86. The second kappa shape index (κ2) is 8.10. The first kappa shape index (κ1) is 20.6. The monoisotopic (exact) mass is 442 g/mol. The Morgan fingerprint density at radius 1 is 1.29 bits per heavy atom. The van der Waals surface area contributed by atoms with Crippen molar-refractivity contribution in [1.82, 2.24) is 4.31 Å². The van der Waals surface area contributed by atoms with Crippen molar-refractivity contribution >= 4 is 50.9 Å². The quantitative estimate of drug-likeness (QED) is 0.741. The number of carbonyl (C=O) groups is 2. The van der Waals surface area contributed by atoms with E-state index in [2.05, 4.69) is 5.32 Å². The number of nitrogens with zero attached hydrogens (tertiary/aromatic N) is 1. The fraction of sp³-hybridized carbons (Fsp3) is 0.222. The van der Waals surface area contributed by atoms with Gasteiger partial charge in [-0.2, -0.15) is 0 Å². The van der Waals surface area contributed by atoms with Crippen LogP contribution in [-0.2, 0) is 14.8 Å². The number of sulfonamides is 1. The highest BCUT2D eigenvalue weighted by Gasteiger charge is 2.40. The maximum atomic E-state index is 13.8. The molecule has 148 valence electrons. The molecule has 0 spiro atoms. The molecule has 2 aromatic rings. The third kappa shape index (κ3) is 4.01. The molecule has 0 aromatic heterocycles. The number of nitrogens with one attached hydrogen (secondary N) is 1. The molecule has 1 heterocycles. The molecule has 0 radical (unpaired) electrons. The van der Waals surface area contributed by atoms with Crippen LogP contribution in [0.15, 0.2) is 47.4 Å². The Morgan fingerprint density at radius 2 is 2.00 bits per heavy atom. The molecule has 28 heavy (non-hydrogen) atoms. The first-order chi connectivity index (χ1) is 13.2. The Morgan fingerprint density at radius 3 is 2.68 bits per heavy atom. The second-order valence-corrected chi connectivity index (χ2v) is 9.72. The first-order valence-corrected chi connectivity index (χ1v) is 11.1. The van der Waals surface area contributed by atoms with Gasteiger partial charge < -0.3 is 5.32 Å². The van der Waals surface area contributed by atoms with Crippen molar-refractivity contribution in [3.05, 3.63) is 58.9 Å². The first-order valence-electron chi connectivity index (χ1n) is 8.25. The van der Waals surface area contributed by atoms with Crippen molar-refractivity contribution < 1.29 is 22.4 Å². The summed E-state index contributed by atoms with van der Waals surface area (Å²) in [5.74, 6) is -1.44. The number of fused-ring (bicyclic) bond motifs is 1. The summed E-state index contributed by atoms with van der Waals surface area (Å²) in [6.07, 6.45) is 0. The number of hydrogen-bond acceptors (Lipinski definition) is 5. The molecule has 0 fully saturated rings. The molecule has 1 aliphatic heterocycles. The second-order valence-electron chi connectivity index (χ2n) is 6.00. The van der Waals surface area contributed by atoms with Crippen molar-refractivity contribution in [2.75, 3.05) is 17.6 Å². The van der Waals surface area contributed by atoms with Crippen LogP contribution in [0.4, 0.5) is 10.1 Å². The molecular formula is C18H16ClFN2O4S2. The molecular weight excluding hydrogens is 427 g/mol. The van der Waals surface area contributed by atoms with Crippen molar-refractivity contribution in [2.45, 2.75) is 17.1 Å². The lowest BCUT2D eigenvalue weighted by atomic mass is 10.2. The minimum absolute atomic E-state index is 0.00555. The van der Waals surface area contributed by atoms with Crippen LogP contribution in [0.2, 0.25) is 5.02 Å². The van der Waals surface area contributed by atoms with E-state index >= 15 is 0 Å². The normalized spacial score (nSPS) is 16.0. The van der Waals surface area contributed by atoms with E-state index in [0.29, 0.717) is 0 Å².